The van der Waals surface area contributed by atoms with Crippen molar-refractivity contribution in [2.24, 2.45) is 0 Å². The molecular formula is C33H37Cl2NO11. The molecule has 0 heterocycles. The smallest absolute Gasteiger partial charge is 0.335 e. The Morgan fingerprint density at radius 2 is 1.28 bits per heavy atom. The molecule has 1 amide bonds. The van der Waals surface area contributed by atoms with E-state index >= 15 is 0 Å². The molecule has 0 aliphatic carbocycles. The van der Waals surface area contributed by atoms with E-state index in [0.717, 1.165) is 23.3 Å². The van der Waals surface area contributed by atoms with Gasteiger partial charge in [0.2, 0.25) is 0 Å². The number of carboxylic acid groups (broad SMARTS) is 2. The van der Waals surface area contributed by atoms with Crippen LogP contribution in [0.5, 0.6) is 11.5 Å². The van der Waals surface area contributed by atoms with Gasteiger partial charge >= 0.3 is 11.9 Å². The predicted octanol–water partition coefficient (Wildman–Crippen LogP) is 5.00. The summed E-state index contributed by atoms with van der Waals surface area (Å²) in [7, 11) is 4.72. The van der Waals surface area contributed by atoms with Crippen LogP contribution in [0.25, 0.3) is 11.1 Å². The monoisotopic (exact) mass is 693 g/mol. The zero-order valence-electron chi connectivity index (χ0n) is 26.2. The number of methoxy groups -OCH3 is 3. The van der Waals surface area contributed by atoms with Crippen molar-refractivity contribution in [1.29, 1.82) is 0 Å². The summed E-state index contributed by atoms with van der Waals surface area (Å²) >= 11 is 12.2. The fourth-order valence-corrected chi connectivity index (χ4v) is 5.15. The first-order chi connectivity index (χ1) is 22.6. The average Bonchev–Trinajstić information content (AvgIpc) is 3.04. The van der Waals surface area contributed by atoms with Gasteiger partial charge in [0.1, 0.15) is 17.5 Å². The van der Waals surface area contributed by atoms with Gasteiger partial charge in [-0.3, -0.25) is 4.79 Å². The number of hydrogen-bond donors (Lipinski definition) is 3. The number of carbonyl (C=O) groups is 3. The van der Waals surface area contributed by atoms with Crippen molar-refractivity contribution in [1.82, 2.24) is 5.32 Å². The van der Waals surface area contributed by atoms with E-state index in [1.807, 2.05) is 12.1 Å². The molecule has 3 aromatic carbocycles. The first kappa shape index (κ1) is 37.5. The second-order valence-electron chi connectivity index (χ2n) is 10.0. The maximum atomic E-state index is 12.9. The maximum absolute atomic E-state index is 12.9. The van der Waals surface area contributed by atoms with Crippen LogP contribution >= 0.6 is 23.2 Å². The van der Waals surface area contributed by atoms with Crippen molar-refractivity contribution in [3.8, 4) is 22.6 Å². The SMILES string of the molecule is COCCOCCOCCOCc1cc(OC)c(-c2ccc(C[C@H](NC(=O)c3c(Cl)cc(C(=O)O)cc3Cl)C(=O)O)cc2)c(OC)c1. The first-order valence-corrected chi connectivity index (χ1v) is 15.2. The summed E-state index contributed by atoms with van der Waals surface area (Å²) < 4.78 is 32.9. The van der Waals surface area contributed by atoms with Gasteiger partial charge in [-0.25, -0.2) is 9.59 Å². The van der Waals surface area contributed by atoms with E-state index in [-0.39, 0.29) is 27.6 Å². The molecule has 0 saturated heterocycles. The number of carbonyl (C=O) groups excluding carboxylic acids is 1. The number of rotatable bonds is 20. The number of ether oxygens (including phenoxy) is 6. The van der Waals surface area contributed by atoms with E-state index in [2.05, 4.69) is 5.32 Å². The van der Waals surface area contributed by atoms with Gasteiger partial charge in [0.15, 0.2) is 0 Å². The third-order valence-corrected chi connectivity index (χ3v) is 7.41. The third-order valence-electron chi connectivity index (χ3n) is 6.81. The van der Waals surface area contributed by atoms with Crippen molar-refractivity contribution >= 4 is 41.0 Å². The number of benzene rings is 3. The zero-order chi connectivity index (χ0) is 34.3. The molecule has 12 nitrogen and oxygen atoms in total. The minimum absolute atomic E-state index is 0.0566. The standard InChI is InChI=1S/C33H37Cl2NO11/c1-42-8-9-45-10-11-46-12-13-47-19-21-15-27(43-2)29(28(16-21)44-3)22-6-4-20(5-7-22)14-26(33(40)41)36-31(37)30-24(34)17-23(32(38)39)18-25(30)35/h4-7,15-18,26H,8-14,19H2,1-3H3,(H,36,37)(H,38,39)(H,40,41)/t26-/m0/s1. The molecule has 1 atom stereocenters. The predicted molar refractivity (Wildman–Crippen MR) is 174 cm³/mol. The fraction of sp³-hybridized carbons (Fsp3) is 0.364. The van der Waals surface area contributed by atoms with Crippen LogP contribution in [0.4, 0.5) is 0 Å². The number of aliphatic carboxylic acids is 1. The van der Waals surface area contributed by atoms with E-state index in [1.165, 1.54) is 0 Å². The highest BCUT2D eigenvalue weighted by molar-refractivity contribution is 6.40. The van der Waals surface area contributed by atoms with E-state index in [9.17, 15) is 19.5 Å². The summed E-state index contributed by atoms with van der Waals surface area (Å²) in [5.74, 6) is -2.30. The Bertz CT molecular complexity index is 1470. The molecule has 14 heteroatoms. The van der Waals surface area contributed by atoms with Crippen molar-refractivity contribution in [2.75, 3.05) is 61.0 Å². The lowest BCUT2D eigenvalue weighted by molar-refractivity contribution is -0.139. The summed E-state index contributed by atoms with van der Waals surface area (Å²) in [4.78, 5) is 36.2. The summed E-state index contributed by atoms with van der Waals surface area (Å²) in [6.45, 7) is 3.11. The lowest BCUT2D eigenvalue weighted by Gasteiger charge is -2.18. The summed E-state index contributed by atoms with van der Waals surface area (Å²) in [5.41, 5.74) is 2.47. The van der Waals surface area contributed by atoms with Crippen LogP contribution in [0, 0.1) is 0 Å². The first-order valence-electron chi connectivity index (χ1n) is 14.4. The molecule has 3 rings (SSSR count). The van der Waals surface area contributed by atoms with Crippen LogP contribution in [-0.4, -0.2) is 95.1 Å². The highest BCUT2D eigenvalue weighted by atomic mass is 35.5. The van der Waals surface area contributed by atoms with Gasteiger partial charge in [0.05, 0.1) is 87.2 Å². The molecule has 0 spiro atoms. The molecule has 3 N–H and O–H groups in total. The molecule has 0 fully saturated rings. The normalized spacial score (nSPS) is 11.6. The van der Waals surface area contributed by atoms with Crippen molar-refractivity contribution in [3.05, 3.63) is 80.8 Å². The molecule has 3 aromatic rings. The highest BCUT2D eigenvalue weighted by Crippen LogP contribution is 2.40. The van der Waals surface area contributed by atoms with Crippen LogP contribution in [0.15, 0.2) is 48.5 Å². The lowest BCUT2D eigenvalue weighted by Crippen LogP contribution is -2.42. The van der Waals surface area contributed by atoms with Crippen LogP contribution in [0.2, 0.25) is 10.0 Å². The van der Waals surface area contributed by atoms with Gasteiger partial charge in [-0.1, -0.05) is 47.5 Å². The molecular weight excluding hydrogens is 657 g/mol. The van der Waals surface area contributed by atoms with Gasteiger partial charge in [-0.15, -0.1) is 0 Å². The molecule has 0 aromatic heterocycles. The van der Waals surface area contributed by atoms with E-state index in [0.29, 0.717) is 68.9 Å². The van der Waals surface area contributed by atoms with Gasteiger partial charge in [-0.05, 0) is 41.0 Å². The van der Waals surface area contributed by atoms with Crippen molar-refractivity contribution in [2.45, 2.75) is 19.1 Å². The molecule has 0 radical (unpaired) electrons. The number of nitrogens with one attached hydrogen (secondary N) is 1. The van der Waals surface area contributed by atoms with Crippen LogP contribution in [0.1, 0.15) is 31.8 Å². The third kappa shape index (κ3) is 11.1. The van der Waals surface area contributed by atoms with Crippen molar-refractivity contribution in [3.63, 3.8) is 0 Å². The van der Waals surface area contributed by atoms with E-state index in [1.54, 1.807) is 45.6 Å². The Morgan fingerprint density at radius 1 is 0.745 bits per heavy atom. The topological polar surface area (TPSA) is 159 Å². The molecule has 0 aliphatic heterocycles. The Hall–Kier alpha value is -3.91. The molecule has 0 saturated carbocycles. The van der Waals surface area contributed by atoms with E-state index < -0.39 is 23.9 Å². The van der Waals surface area contributed by atoms with Gasteiger partial charge in [0.25, 0.3) is 5.91 Å². The summed E-state index contributed by atoms with van der Waals surface area (Å²) in [6.07, 6.45) is -0.0566. The summed E-state index contributed by atoms with van der Waals surface area (Å²) in [6, 6.07) is 11.6. The molecule has 0 bridgehead atoms. The highest BCUT2D eigenvalue weighted by Gasteiger charge is 2.25. The molecule has 0 unspecified atom stereocenters. The fourth-order valence-electron chi connectivity index (χ4n) is 4.49. The second-order valence-corrected chi connectivity index (χ2v) is 10.8. The maximum Gasteiger partial charge on any atom is 0.335 e. The molecule has 47 heavy (non-hydrogen) atoms. The summed E-state index contributed by atoms with van der Waals surface area (Å²) in [5, 5.41) is 21.0. The number of carboxylic acids is 2. The Balaban J connectivity index is 1.65. The zero-order valence-corrected chi connectivity index (χ0v) is 27.7. The number of hydrogen-bond acceptors (Lipinski definition) is 9. The number of amides is 1. The largest absolute Gasteiger partial charge is 0.496 e. The Kier molecular flexibility index (Phi) is 15.2. The van der Waals surface area contributed by atoms with E-state index in [4.69, 9.17) is 56.7 Å². The minimum atomic E-state index is -1.33. The Labute approximate surface area is 282 Å². The quantitative estimate of drug-likeness (QED) is 0.137. The van der Waals surface area contributed by atoms with Gasteiger partial charge in [-0.2, -0.15) is 0 Å². The molecule has 254 valence electrons. The van der Waals surface area contributed by atoms with Crippen LogP contribution in [-0.2, 0) is 36.8 Å². The second kappa shape index (κ2) is 19.0. The van der Waals surface area contributed by atoms with Crippen LogP contribution < -0.4 is 14.8 Å². The van der Waals surface area contributed by atoms with Crippen LogP contribution in [0.3, 0.4) is 0 Å². The molecule has 0 aliphatic rings. The van der Waals surface area contributed by atoms with Gasteiger partial charge in [0, 0.05) is 13.5 Å². The Morgan fingerprint density at radius 3 is 1.77 bits per heavy atom. The number of aromatic carboxylic acids is 1. The average molecular weight is 695 g/mol. The number of halogens is 2. The van der Waals surface area contributed by atoms with Crippen molar-refractivity contribution < 1.29 is 53.0 Å². The minimum Gasteiger partial charge on any atom is -0.496 e. The lowest BCUT2D eigenvalue weighted by atomic mass is 9.98. The van der Waals surface area contributed by atoms with Gasteiger partial charge < -0.3 is 44.0 Å².